The zero-order valence-corrected chi connectivity index (χ0v) is 17.4. The number of hydrazine groups is 1. The molecule has 0 radical (unpaired) electrons. The van der Waals surface area contributed by atoms with Crippen LogP contribution in [0.5, 0.6) is 0 Å². The maximum Gasteiger partial charge on any atom is 0.344 e. The Bertz CT molecular complexity index is 1190. The highest BCUT2D eigenvalue weighted by molar-refractivity contribution is 6.08. The molecule has 9 heteroatoms. The number of H-pyrrole nitrogens is 1. The van der Waals surface area contributed by atoms with Gasteiger partial charge in [-0.3, -0.25) is 19.8 Å². The molecule has 0 aliphatic carbocycles. The lowest BCUT2D eigenvalue weighted by atomic mass is 9.92. The summed E-state index contributed by atoms with van der Waals surface area (Å²) in [4.78, 5) is 52.4. The van der Waals surface area contributed by atoms with Gasteiger partial charge in [-0.1, -0.05) is 48.5 Å². The van der Waals surface area contributed by atoms with Crippen molar-refractivity contribution >= 4 is 34.7 Å². The lowest BCUT2D eigenvalue weighted by Gasteiger charge is -2.22. The van der Waals surface area contributed by atoms with E-state index in [1.165, 1.54) is 0 Å². The van der Waals surface area contributed by atoms with Crippen molar-refractivity contribution in [3.05, 3.63) is 71.9 Å². The fourth-order valence-electron chi connectivity index (χ4n) is 3.66. The van der Waals surface area contributed by atoms with E-state index in [0.29, 0.717) is 17.0 Å². The molecule has 2 heterocycles. The largest absolute Gasteiger partial charge is 0.455 e. The van der Waals surface area contributed by atoms with Crippen molar-refractivity contribution in [2.45, 2.75) is 25.3 Å². The molecule has 1 aliphatic rings. The van der Waals surface area contributed by atoms with E-state index in [1.54, 1.807) is 37.3 Å². The van der Waals surface area contributed by atoms with Gasteiger partial charge in [-0.25, -0.2) is 4.79 Å². The Morgan fingerprint density at radius 1 is 1.06 bits per heavy atom. The summed E-state index contributed by atoms with van der Waals surface area (Å²) in [6.07, 6.45) is 2.38. The number of carbonyl (C=O) groups excluding carboxylic acids is 4. The number of hydrogen-bond donors (Lipinski definition) is 3. The minimum atomic E-state index is -1.30. The van der Waals surface area contributed by atoms with E-state index in [-0.39, 0.29) is 6.42 Å². The van der Waals surface area contributed by atoms with Crippen LogP contribution in [-0.2, 0) is 31.1 Å². The van der Waals surface area contributed by atoms with Crippen LogP contribution >= 0.6 is 0 Å². The number of aromatic nitrogens is 1. The Kier molecular flexibility index (Phi) is 5.63. The number of esters is 1. The first-order valence-corrected chi connectivity index (χ1v) is 10.1. The molecule has 1 atom stereocenters. The summed E-state index contributed by atoms with van der Waals surface area (Å²) >= 11 is 0. The van der Waals surface area contributed by atoms with E-state index in [2.05, 4.69) is 15.7 Å². The van der Waals surface area contributed by atoms with Gasteiger partial charge in [-0.15, -0.1) is 0 Å². The number of ether oxygens (including phenoxy) is 1. The second kappa shape index (κ2) is 8.54. The Labute approximate surface area is 183 Å². The first-order valence-electron chi connectivity index (χ1n) is 10.1. The van der Waals surface area contributed by atoms with Crippen molar-refractivity contribution in [1.29, 1.82) is 0 Å². The van der Waals surface area contributed by atoms with E-state index >= 15 is 0 Å². The molecule has 1 aromatic heterocycles. The first kappa shape index (κ1) is 21.1. The third kappa shape index (κ3) is 4.04. The van der Waals surface area contributed by atoms with Crippen LogP contribution in [0.25, 0.3) is 10.9 Å². The third-order valence-corrected chi connectivity index (χ3v) is 5.42. The molecule has 4 amide bonds. The normalized spacial score (nSPS) is 18.0. The van der Waals surface area contributed by atoms with E-state index in [9.17, 15) is 19.2 Å². The van der Waals surface area contributed by atoms with Crippen molar-refractivity contribution in [3.8, 4) is 0 Å². The fourth-order valence-corrected chi connectivity index (χ4v) is 3.66. The molecule has 1 saturated heterocycles. The van der Waals surface area contributed by atoms with Crippen LogP contribution in [0.4, 0.5) is 4.79 Å². The lowest BCUT2D eigenvalue weighted by molar-refractivity contribution is -0.150. The smallest absolute Gasteiger partial charge is 0.344 e. The quantitative estimate of drug-likeness (QED) is 0.389. The molecule has 1 aliphatic heterocycles. The van der Waals surface area contributed by atoms with Gasteiger partial charge in [0.1, 0.15) is 5.54 Å². The van der Waals surface area contributed by atoms with Gasteiger partial charge >= 0.3 is 12.0 Å². The highest BCUT2D eigenvalue weighted by atomic mass is 16.5. The number of para-hydroxylation sites is 1. The summed E-state index contributed by atoms with van der Waals surface area (Å²) in [5.74, 6) is -1.98. The van der Waals surface area contributed by atoms with Crippen LogP contribution in [0.3, 0.4) is 0 Å². The van der Waals surface area contributed by atoms with E-state index in [4.69, 9.17) is 4.74 Å². The van der Waals surface area contributed by atoms with Gasteiger partial charge in [-0.2, -0.15) is 5.01 Å². The van der Waals surface area contributed by atoms with Crippen molar-refractivity contribution in [2.24, 2.45) is 0 Å². The molecule has 3 N–H and O–H groups in total. The molecule has 164 valence electrons. The Hall–Kier alpha value is -4.14. The van der Waals surface area contributed by atoms with E-state index in [1.807, 2.05) is 30.5 Å². The minimum absolute atomic E-state index is 0.0876. The van der Waals surface area contributed by atoms with Crippen molar-refractivity contribution in [1.82, 2.24) is 20.7 Å². The van der Waals surface area contributed by atoms with Gasteiger partial charge < -0.3 is 15.0 Å². The maximum absolute atomic E-state index is 12.8. The number of urea groups is 1. The summed E-state index contributed by atoms with van der Waals surface area (Å²) in [5, 5.41) is 4.21. The SMILES string of the molecule is CC1(c2ccccc2)NC(=O)N(NC(=O)COC(=O)CCc2c[nH]c3ccccc23)C1=O. The van der Waals surface area contributed by atoms with E-state index in [0.717, 1.165) is 16.5 Å². The second-order valence-electron chi connectivity index (χ2n) is 7.62. The number of rotatable bonds is 7. The number of aromatic amines is 1. The molecule has 3 aromatic rings. The topological polar surface area (TPSA) is 121 Å². The number of amides is 4. The highest BCUT2D eigenvalue weighted by Gasteiger charge is 2.50. The predicted molar refractivity (Wildman–Crippen MR) is 115 cm³/mol. The Balaban J connectivity index is 1.28. The van der Waals surface area contributed by atoms with Crippen LogP contribution in [0.15, 0.2) is 60.8 Å². The van der Waals surface area contributed by atoms with Gasteiger partial charge in [0.25, 0.3) is 11.8 Å². The Morgan fingerprint density at radius 3 is 2.56 bits per heavy atom. The molecular formula is C23H22N4O5. The van der Waals surface area contributed by atoms with Crippen molar-refractivity contribution in [3.63, 3.8) is 0 Å². The highest BCUT2D eigenvalue weighted by Crippen LogP contribution is 2.27. The van der Waals surface area contributed by atoms with Crippen LogP contribution in [0.2, 0.25) is 0 Å². The molecule has 4 rings (SSSR count). The molecular weight excluding hydrogens is 412 g/mol. The number of fused-ring (bicyclic) bond motifs is 1. The number of benzene rings is 2. The number of hydrogen-bond acceptors (Lipinski definition) is 5. The Morgan fingerprint density at radius 2 is 1.78 bits per heavy atom. The second-order valence-corrected chi connectivity index (χ2v) is 7.62. The number of imide groups is 1. The molecule has 0 saturated carbocycles. The first-order chi connectivity index (χ1) is 15.4. The summed E-state index contributed by atoms with van der Waals surface area (Å²) in [6.45, 7) is 0.950. The standard InChI is InChI=1S/C23H22N4O5/c1-23(16-7-3-2-4-8-16)21(30)27(22(31)25-23)26-19(28)14-32-20(29)12-11-15-13-24-18-10-6-5-9-17(15)18/h2-10,13,24H,11-12,14H2,1H3,(H,25,31)(H,26,28). The number of aryl methyl sites for hydroxylation is 1. The van der Waals surface area contributed by atoms with E-state index < -0.39 is 36.0 Å². The number of nitrogens with zero attached hydrogens (tertiary/aromatic N) is 1. The fraction of sp³-hybridized carbons (Fsp3) is 0.217. The molecule has 0 spiro atoms. The third-order valence-electron chi connectivity index (χ3n) is 5.42. The molecule has 1 unspecified atom stereocenters. The van der Waals surface area contributed by atoms with Gasteiger partial charge in [0, 0.05) is 23.5 Å². The number of carbonyl (C=O) groups is 4. The van der Waals surface area contributed by atoms with Crippen LogP contribution in [-0.4, -0.2) is 40.4 Å². The lowest BCUT2D eigenvalue weighted by Crippen LogP contribution is -2.49. The van der Waals surface area contributed by atoms with Crippen LogP contribution in [0.1, 0.15) is 24.5 Å². The summed E-state index contributed by atoms with van der Waals surface area (Å²) < 4.78 is 5.00. The van der Waals surface area contributed by atoms with Gasteiger partial charge in [0.2, 0.25) is 0 Å². The van der Waals surface area contributed by atoms with Gasteiger partial charge in [0.05, 0.1) is 0 Å². The monoisotopic (exact) mass is 434 g/mol. The molecule has 0 bridgehead atoms. The number of nitrogens with one attached hydrogen (secondary N) is 3. The van der Waals surface area contributed by atoms with Crippen LogP contribution in [0, 0.1) is 0 Å². The van der Waals surface area contributed by atoms with Crippen LogP contribution < -0.4 is 10.7 Å². The molecule has 32 heavy (non-hydrogen) atoms. The van der Waals surface area contributed by atoms with Gasteiger partial charge in [0.15, 0.2) is 6.61 Å². The van der Waals surface area contributed by atoms with Gasteiger partial charge in [-0.05, 0) is 30.5 Å². The minimum Gasteiger partial charge on any atom is -0.455 e. The maximum atomic E-state index is 12.8. The van der Waals surface area contributed by atoms with Crippen molar-refractivity contribution in [2.75, 3.05) is 6.61 Å². The predicted octanol–water partition coefficient (Wildman–Crippen LogP) is 2.14. The average molecular weight is 434 g/mol. The summed E-state index contributed by atoms with van der Waals surface area (Å²) in [5.41, 5.74) is 3.43. The zero-order valence-electron chi connectivity index (χ0n) is 17.4. The summed E-state index contributed by atoms with van der Waals surface area (Å²) in [7, 11) is 0. The molecule has 1 fully saturated rings. The zero-order chi connectivity index (χ0) is 22.7. The molecule has 9 nitrogen and oxygen atoms in total. The average Bonchev–Trinajstić information content (AvgIpc) is 3.31. The molecule has 2 aromatic carbocycles. The summed E-state index contributed by atoms with van der Waals surface area (Å²) in [6, 6.07) is 15.7. The van der Waals surface area contributed by atoms with Crippen molar-refractivity contribution < 1.29 is 23.9 Å².